The first-order chi connectivity index (χ1) is 5.86. The van der Waals surface area contributed by atoms with E-state index in [0.717, 1.165) is 12.2 Å². The van der Waals surface area contributed by atoms with E-state index in [2.05, 4.69) is 15.3 Å². The van der Waals surface area contributed by atoms with Gasteiger partial charge in [-0.15, -0.1) is 12.4 Å². The zero-order valence-corrected chi connectivity index (χ0v) is 8.61. The van der Waals surface area contributed by atoms with Crippen molar-refractivity contribution in [3.05, 3.63) is 23.2 Å². The Morgan fingerprint density at radius 2 is 2.08 bits per heavy atom. The maximum absolute atomic E-state index is 5.81. The third-order valence-corrected chi connectivity index (χ3v) is 2.17. The van der Waals surface area contributed by atoms with Crippen molar-refractivity contribution in [3.63, 3.8) is 0 Å². The Hall–Kier alpha value is -0.380. The topological polar surface area (TPSA) is 37.8 Å². The van der Waals surface area contributed by atoms with E-state index in [1.165, 1.54) is 12.8 Å². The Morgan fingerprint density at radius 1 is 1.38 bits per heavy atom. The van der Waals surface area contributed by atoms with E-state index < -0.39 is 0 Å². The third-order valence-electron chi connectivity index (χ3n) is 1.86. The Morgan fingerprint density at radius 3 is 2.69 bits per heavy atom. The van der Waals surface area contributed by atoms with Gasteiger partial charge in [-0.25, -0.2) is 4.98 Å². The highest BCUT2D eigenvalue weighted by molar-refractivity contribution is 6.29. The summed E-state index contributed by atoms with van der Waals surface area (Å²) in [6.07, 6.45) is 5.81. The molecule has 0 spiro atoms. The highest BCUT2D eigenvalue weighted by Crippen LogP contribution is 2.19. The van der Waals surface area contributed by atoms with Crippen LogP contribution < -0.4 is 5.32 Å². The summed E-state index contributed by atoms with van der Waals surface area (Å²) < 4.78 is 0. The van der Waals surface area contributed by atoms with Crippen molar-refractivity contribution in [2.75, 3.05) is 0 Å². The quantitative estimate of drug-likeness (QED) is 0.843. The Balaban J connectivity index is 0.000000845. The first-order valence-corrected chi connectivity index (χ1v) is 4.43. The minimum absolute atomic E-state index is 0. The van der Waals surface area contributed by atoms with E-state index >= 15 is 0 Å². The van der Waals surface area contributed by atoms with Crippen molar-refractivity contribution < 1.29 is 0 Å². The summed E-state index contributed by atoms with van der Waals surface area (Å²) in [5.41, 5.74) is 0.839. The van der Waals surface area contributed by atoms with Crippen LogP contribution in [-0.4, -0.2) is 16.0 Å². The van der Waals surface area contributed by atoms with Crippen LogP contribution in [0.5, 0.6) is 0 Å². The molecule has 0 saturated heterocycles. The fourth-order valence-corrected chi connectivity index (χ4v) is 1.17. The van der Waals surface area contributed by atoms with Gasteiger partial charge in [0.1, 0.15) is 0 Å². The van der Waals surface area contributed by atoms with Crippen molar-refractivity contribution in [3.8, 4) is 0 Å². The van der Waals surface area contributed by atoms with Gasteiger partial charge < -0.3 is 5.32 Å². The molecular formula is C8H11Cl2N3. The number of nitrogens with zero attached hydrogens (tertiary/aromatic N) is 2. The Labute approximate surface area is 88.3 Å². The van der Waals surface area contributed by atoms with E-state index in [0.29, 0.717) is 11.2 Å². The monoisotopic (exact) mass is 219 g/mol. The van der Waals surface area contributed by atoms with Crippen molar-refractivity contribution in [2.24, 2.45) is 0 Å². The highest BCUT2D eigenvalue weighted by atomic mass is 35.5. The van der Waals surface area contributed by atoms with E-state index in [9.17, 15) is 0 Å². The normalized spacial score (nSPS) is 15.2. The lowest BCUT2D eigenvalue weighted by atomic mass is 10.4. The van der Waals surface area contributed by atoms with Crippen LogP contribution in [0.3, 0.4) is 0 Å². The van der Waals surface area contributed by atoms with Gasteiger partial charge in [0.25, 0.3) is 0 Å². The molecule has 0 aromatic carbocycles. The van der Waals surface area contributed by atoms with Gasteiger partial charge in [-0.05, 0) is 12.8 Å². The van der Waals surface area contributed by atoms with Crippen LogP contribution in [0.25, 0.3) is 0 Å². The molecule has 0 aliphatic heterocycles. The molecule has 1 heterocycles. The van der Waals surface area contributed by atoms with Gasteiger partial charge in [-0.3, -0.25) is 4.98 Å². The SMILES string of the molecule is Cl.Clc1nccnc1CNC1CC1. The average Bonchev–Trinajstić information content (AvgIpc) is 2.86. The van der Waals surface area contributed by atoms with Crippen LogP contribution in [0, 0.1) is 0 Å². The highest BCUT2D eigenvalue weighted by Gasteiger charge is 2.20. The fourth-order valence-electron chi connectivity index (χ4n) is 0.997. The van der Waals surface area contributed by atoms with Crippen molar-refractivity contribution in [1.82, 2.24) is 15.3 Å². The molecule has 1 saturated carbocycles. The predicted octanol–water partition coefficient (Wildman–Crippen LogP) is 1.80. The Kier molecular flexibility index (Phi) is 3.90. The zero-order chi connectivity index (χ0) is 8.39. The summed E-state index contributed by atoms with van der Waals surface area (Å²) in [5, 5.41) is 3.83. The molecular weight excluding hydrogens is 209 g/mol. The van der Waals surface area contributed by atoms with Gasteiger partial charge in [0.2, 0.25) is 0 Å². The van der Waals surface area contributed by atoms with Gasteiger partial charge in [-0.2, -0.15) is 0 Å². The second-order valence-corrected chi connectivity index (χ2v) is 3.31. The molecule has 1 aromatic heterocycles. The lowest BCUT2D eigenvalue weighted by molar-refractivity contribution is 0.672. The molecule has 5 heteroatoms. The number of halogens is 2. The van der Waals surface area contributed by atoms with Crippen LogP contribution in [0.4, 0.5) is 0 Å². The molecule has 1 aromatic rings. The molecule has 1 aliphatic rings. The van der Waals surface area contributed by atoms with Crippen LogP contribution in [-0.2, 0) is 6.54 Å². The molecule has 0 unspecified atom stereocenters. The first-order valence-electron chi connectivity index (χ1n) is 4.05. The summed E-state index contributed by atoms with van der Waals surface area (Å²) in [6.45, 7) is 0.733. The summed E-state index contributed by atoms with van der Waals surface area (Å²) in [4.78, 5) is 8.06. The minimum Gasteiger partial charge on any atom is -0.308 e. The van der Waals surface area contributed by atoms with Gasteiger partial charge in [-0.1, -0.05) is 11.6 Å². The van der Waals surface area contributed by atoms with E-state index in [-0.39, 0.29) is 12.4 Å². The molecule has 0 bridgehead atoms. The van der Waals surface area contributed by atoms with Crippen molar-refractivity contribution in [2.45, 2.75) is 25.4 Å². The number of hydrogen-bond acceptors (Lipinski definition) is 3. The summed E-state index contributed by atoms with van der Waals surface area (Å²) in [6, 6.07) is 0.683. The van der Waals surface area contributed by atoms with E-state index in [1.54, 1.807) is 12.4 Å². The summed E-state index contributed by atoms with van der Waals surface area (Å²) in [7, 11) is 0. The summed E-state index contributed by atoms with van der Waals surface area (Å²) in [5.74, 6) is 0. The lowest BCUT2D eigenvalue weighted by Gasteiger charge is -2.02. The molecule has 0 atom stereocenters. The van der Waals surface area contributed by atoms with Gasteiger partial charge in [0.05, 0.1) is 5.69 Å². The molecule has 2 rings (SSSR count). The molecule has 0 amide bonds. The molecule has 3 nitrogen and oxygen atoms in total. The Bertz CT molecular complexity index is 276. The minimum atomic E-state index is 0. The lowest BCUT2D eigenvalue weighted by Crippen LogP contribution is -2.16. The first kappa shape index (κ1) is 10.7. The molecule has 13 heavy (non-hydrogen) atoms. The van der Waals surface area contributed by atoms with Gasteiger partial charge in [0, 0.05) is 25.0 Å². The van der Waals surface area contributed by atoms with E-state index in [4.69, 9.17) is 11.6 Å². The van der Waals surface area contributed by atoms with Gasteiger partial charge in [0.15, 0.2) is 5.15 Å². The maximum Gasteiger partial charge on any atom is 0.151 e. The zero-order valence-electron chi connectivity index (χ0n) is 7.03. The van der Waals surface area contributed by atoms with Gasteiger partial charge >= 0.3 is 0 Å². The van der Waals surface area contributed by atoms with Crippen LogP contribution >= 0.6 is 24.0 Å². The number of nitrogens with one attached hydrogen (secondary N) is 1. The second-order valence-electron chi connectivity index (χ2n) is 2.95. The average molecular weight is 220 g/mol. The van der Waals surface area contributed by atoms with Crippen LogP contribution in [0.15, 0.2) is 12.4 Å². The molecule has 1 aliphatic carbocycles. The van der Waals surface area contributed by atoms with Crippen LogP contribution in [0.1, 0.15) is 18.5 Å². The maximum atomic E-state index is 5.81. The smallest absolute Gasteiger partial charge is 0.151 e. The third kappa shape index (κ3) is 3.10. The largest absolute Gasteiger partial charge is 0.308 e. The standard InChI is InChI=1S/C8H10ClN3.ClH/c9-8-7(10-3-4-11-8)5-12-6-1-2-6;/h3-4,6,12H,1-2,5H2;1H. The molecule has 0 radical (unpaired) electrons. The number of rotatable bonds is 3. The second kappa shape index (κ2) is 4.74. The fraction of sp³-hybridized carbons (Fsp3) is 0.500. The predicted molar refractivity (Wildman–Crippen MR) is 54.2 cm³/mol. The van der Waals surface area contributed by atoms with Crippen LogP contribution in [0.2, 0.25) is 5.15 Å². The molecule has 72 valence electrons. The van der Waals surface area contributed by atoms with Crippen molar-refractivity contribution in [1.29, 1.82) is 0 Å². The number of hydrogen-bond donors (Lipinski definition) is 1. The molecule has 1 fully saturated rings. The number of aromatic nitrogens is 2. The summed E-state index contributed by atoms with van der Waals surface area (Å²) >= 11 is 5.81. The van der Waals surface area contributed by atoms with E-state index in [1.807, 2.05) is 0 Å². The molecule has 1 N–H and O–H groups in total. The van der Waals surface area contributed by atoms with Crippen molar-refractivity contribution >= 4 is 24.0 Å².